The summed E-state index contributed by atoms with van der Waals surface area (Å²) in [5, 5.41) is 3.73. The van der Waals surface area contributed by atoms with E-state index in [1.165, 1.54) is 0 Å². The minimum absolute atomic E-state index is 0.0609. The van der Waals surface area contributed by atoms with Gasteiger partial charge in [0.25, 0.3) is 0 Å². The quantitative estimate of drug-likeness (QED) is 0.788. The molecule has 0 amide bonds. The van der Waals surface area contributed by atoms with Gasteiger partial charge in [0.2, 0.25) is 0 Å². The molecule has 0 atom stereocenters. The van der Waals surface area contributed by atoms with Crippen LogP contribution in [0.1, 0.15) is 37.4 Å². The zero-order valence-corrected chi connectivity index (χ0v) is 8.09. The van der Waals surface area contributed by atoms with Crippen LogP contribution in [0.25, 0.3) is 0 Å². The predicted molar refractivity (Wildman–Crippen MR) is 49.1 cm³/mol. The highest BCUT2D eigenvalue weighted by Crippen LogP contribution is 2.36. The summed E-state index contributed by atoms with van der Waals surface area (Å²) in [4.78, 5) is 0. The molecule has 3 nitrogen and oxygen atoms in total. The fourth-order valence-electron chi connectivity index (χ4n) is 2.05. The van der Waals surface area contributed by atoms with E-state index in [0.29, 0.717) is 0 Å². The normalized spacial score (nSPS) is 18.6. The Balaban J connectivity index is 2.37. The summed E-state index contributed by atoms with van der Waals surface area (Å²) in [6.07, 6.45) is -0.939. The highest BCUT2D eigenvalue weighted by molar-refractivity contribution is 5.31. The van der Waals surface area contributed by atoms with Gasteiger partial charge in [-0.05, 0) is 12.8 Å². The molecule has 2 rings (SSSR count). The lowest BCUT2D eigenvalue weighted by atomic mass is 10.2. The number of hydrogen-bond acceptors (Lipinski definition) is 2. The fourth-order valence-corrected chi connectivity index (χ4v) is 2.05. The zero-order valence-electron chi connectivity index (χ0n) is 8.09. The standard InChI is InChI=1S/C9H12F3N3/c10-9(11,12)7-5-8(13)14-15(7)6-3-1-2-4-6/h5-6H,1-4H2,(H2,13,14). The summed E-state index contributed by atoms with van der Waals surface area (Å²) >= 11 is 0. The van der Waals surface area contributed by atoms with Gasteiger partial charge in [0.15, 0.2) is 0 Å². The minimum atomic E-state index is -4.37. The molecule has 1 aromatic rings. The molecule has 1 fully saturated rings. The largest absolute Gasteiger partial charge is 0.433 e. The first-order chi connectivity index (χ1) is 6.98. The number of halogens is 3. The third kappa shape index (κ3) is 1.93. The van der Waals surface area contributed by atoms with Gasteiger partial charge in [0.1, 0.15) is 11.5 Å². The molecule has 0 radical (unpaired) electrons. The van der Waals surface area contributed by atoms with E-state index in [-0.39, 0.29) is 11.9 Å². The maximum Gasteiger partial charge on any atom is 0.433 e. The first-order valence-corrected chi connectivity index (χ1v) is 4.90. The second-order valence-corrected chi connectivity index (χ2v) is 3.84. The number of rotatable bonds is 1. The SMILES string of the molecule is Nc1cc(C(F)(F)F)n(C2CCCC2)n1. The highest BCUT2D eigenvalue weighted by Gasteiger charge is 2.37. The van der Waals surface area contributed by atoms with Gasteiger partial charge in [0, 0.05) is 6.07 Å². The lowest BCUT2D eigenvalue weighted by molar-refractivity contribution is -0.145. The lowest BCUT2D eigenvalue weighted by Crippen LogP contribution is -2.17. The Kier molecular flexibility index (Phi) is 2.36. The number of nitrogens with zero attached hydrogens (tertiary/aromatic N) is 2. The second-order valence-electron chi connectivity index (χ2n) is 3.84. The number of alkyl halides is 3. The Morgan fingerprint density at radius 3 is 2.47 bits per heavy atom. The Labute approximate surface area is 85.1 Å². The Bertz CT molecular complexity index is 350. The molecule has 0 saturated heterocycles. The van der Waals surface area contributed by atoms with Crippen LogP contribution in [0.5, 0.6) is 0 Å². The van der Waals surface area contributed by atoms with Crippen LogP contribution in [0.3, 0.4) is 0 Å². The smallest absolute Gasteiger partial charge is 0.382 e. The van der Waals surface area contributed by atoms with Crippen molar-refractivity contribution >= 4 is 5.82 Å². The summed E-state index contributed by atoms with van der Waals surface area (Å²) in [7, 11) is 0. The van der Waals surface area contributed by atoms with Crippen molar-refractivity contribution in [3.8, 4) is 0 Å². The van der Waals surface area contributed by atoms with Gasteiger partial charge in [-0.25, -0.2) is 0 Å². The van der Waals surface area contributed by atoms with Gasteiger partial charge in [-0.15, -0.1) is 0 Å². The predicted octanol–water partition coefficient (Wildman–Crippen LogP) is 2.60. The number of anilines is 1. The van der Waals surface area contributed by atoms with Gasteiger partial charge >= 0.3 is 6.18 Å². The van der Waals surface area contributed by atoms with Gasteiger partial charge in [-0.1, -0.05) is 12.8 Å². The monoisotopic (exact) mass is 219 g/mol. The molecule has 0 bridgehead atoms. The first kappa shape index (κ1) is 10.3. The molecule has 1 saturated carbocycles. The molecule has 1 aliphatic carbocycles. The van der Waals surface area contributed by atoms with Crippen molar-refractivity contribution in [2.24, 2.45) is 0 Å². The van der Waals surface area contributed by atoms with Crippen LogP contribution in [0.4, 0.5) is 19.0 Å². The van der Waals surface area contributed by atoms with E-state index < -0.39 is 11.9 Å². The van der Waals surface area contributed by atoms with E-state index in [0.717, 1.165) is 36.4 Å². The van der Waals surface area contributed by atoms with Crippen LogP contribution in [-0.4, -0.2) is 9.78 Å². The first-order valence-electron chi connectivity index (χ1n) is 4.90. The molecule has 0 aromatic carbocycles. The van der Waals surface area contributed by atoms with Crippen molar-refractivity contribution in [1.82, 2.24) is 9.78 Å². The Hall–Kier alpha value is -1.20. The summed E-state index contributed by atoms with van der Waals surface area (Å²) in [5.74, 6) is -0.0609. The van der Waals surface area contributed by atoms with Crippen molar-refractivity contribution in [1.29, 1.82) is 0 Å². The van der Waals surface area contributed by atoms with E-state index in [1.54, 1.807) is 0 Å². The fraction of sp³-hybridized carbons (Fsp3) is 0.667. The van der Waals surface area contributed by atoms with E-state index in [4.69, 9.17) is 5.73 Å². The van der Waals surface area contributed by atoms with Crippen LogP contribution in [0.2, 0.25) is 0 Å². The topological polar surface area (TPSA) is 43.8 Å². The summed E-state index contributed by atoms with van der Waals surface area (Å²) in [6.45, 7) is 0. The third-order valence-electron chi connectivity index (χ3n) is 2.72. The zero-order chi connectivity index (χ0) is 11.1. The second kappa shape index (κ2) is 3.43. The number of nitrogen functional groups attached to an aromatic ring is 1. The van der Waals surface area contributed by atoms with Gasteiger partial charge in [-0.2, -0.15) is 18.3 Å². The molecule has 2 N–H and O–H groups in total. The van der Waals surface area contributed by atoms with Crippen LogP contribution < -0.4 is 5.73 Å². The average Bonchev–Trinajstić information content (AvgIpc) is 2.68. The van der Waals surface area contributed by atoms with Crippen LogP contribution in [0.15, 0.2) is 6.07 Å². The molecular formula is C9H12F3N3. The molecule has 0 spiro atoms. The maximum atomic E-state index is 12.6. The van der Waals surface area contributed by atoms with Crippen molar-refractivity contribution in [2.75, 3.05) is 5.73 Å². The molecule has 0 unspecified atom stereocenters. The Morgan fingerprint density at radius 1 is 1.33 bits per heavy atom. The van der Waals surface area contributed by atoms with E-state index >= 15 is 0 Å². The minimum Gasteiger partial charge on any atom is -0.382 e. The highest BCUT2D eigenvalue weighted by atomic mass is 19.4. The molecule has 1 heterocycles. The molecule has 1 aromatic heterocycles. The third-order valence-corrected chi connectivity index (χ3v) is 2.72. The average molecular weight is 219 g/mol. The van der Waals surface area contributed by atoms with E-state index in [9.17, 15) is 13.2 Å². The molecule has 0 aliphatic heterocycles. The summed E-state index contributed by atoms with van der Waals surface area (Å²) < 4.78 is 38.8. The van der Waals surface area contributed by atoms with Gasteiger partial charge < -0.3 is 5.73 Å². The van der Waals surface area contributed by atoms with Crippen molar-refractivity contribution in [2.45, 2.75) is 37.9 Å². The molecular weight excluding hydrogens is 207 g/mol. The van der Waals surface area contributed by atoms with E-state index in [2.05, 4.69) is 5.10 Å². The van der Waals surface area contributed by atoms with Crippen molar-refractivity contribution in [3.63, 3.8) is 0 Å². The van der Waals surface area contributed by atoms with Gasteiger partial charge in [-0.3, -0.25) is 4.68 Å². The number of aromatic nitrogens is 2. The molecule has 6 heteroatoms. The molecule has 84 valence electrons. The Morgan fingerprint density at radius 2 is 1.93 bits per heavy atom. The number of nitrogens with two attached hydrogens (primary N) is 1. The van der Waals surface area contributed by atoms with Crippen LogP contribution >= 0.6 is 0 Å². The van der Waals surface area contributed by atoms with Crippen molar-refractivity contribution in [3.05, 3.63) is 11.8 Å². The van der Waals surface area contributed by atoms with Crippen LogP contribution in [-0.2, 0) is 6.18 Å². The van der Waals surface area contributed by atoms with Crippen LogP contribution in [0, 0.1) is 0 Å². The van der Waals surface area contributed by atoms with E-state index in [1.807, 2.05) is 0 Å². The number of hydrogen-bond donors (Lipinski definition) is 1. The maximum absolute atomic E-state index is 12.6. The molecule has 15 heavy (non-hydrogen) atoms. The van der Waals surface area contributed by atoms with Gasteiger partial charge in [0.05, 0.1) is 6.04 Å². The summed E-state index contributed by atoms with van der Waals surface area (Å²) in [5.41, 5.74) is 4.58. The molecule has 1 aliphatic rings. The lowest BCUT2D eigenvalue weighted by Gasteiger charge is -2.15. The van der Waals surface area contributed by atoms with Crippen molar-refractivity contribution < 1.29 is 13.2 Å². The summed E-state index contributed by atoms with van der Waals surface area (Å²) in [6, 6.07) is 0.761.